The van der Waals surface area contributed by atoms with E-state index in [1.165, 1.54) is 25.3 Å². The lowest BCUT2D eigenvalue weighted by Crippen LogP contribution is -1.94. The molecule has 0 aliphatic rings. The van der Waals surface area contributed by atoms with Gasteiger partial charge in [0.1, 0.15) is 11.5 Å². The summed E-state index contributed by atoms with van der Waals surface area (Å²) < 4.78 is 10.1. The number of methoxy groups -OCH3 is 1. The number of aromatic nitrogens is 1. The molecule has 2 N–H and O–H groups in total. The molecule has 2 aromatic rings. The zero-order chi connectivity index (χ0) is 13.3. The Bertz CT molecular complexity index is 603. The molecule has 6 nitrogen and oxygen atoms in total. The van der Waals surface area contributed by atoms with Crippen LogP contribution in [-0.2, 0) is 0 Å². The van der Waals surface area contributed by atoms with Crippen molar-refractivity contribution in [2.75, 3.05) is 7.11 Å². The molecule has 1 heterocycles. The van der Waals surface area contributed by atoms with Crippen molar-refractivity contribution in [3.63, 3.8) is 0 Å². The summed E-state index contributed by atoms with van der Waals surface area (Å²) in [7, 11) is 1.45. The van der Waals surface area contributed by atoms with Gasteiger partial charge in [0.25, 0.3) is 0 Å². The third kappa shape index (κ3) is 2.00. The second kappa shape index (κ2) is 4.40. The number of hydrogen-bond donors (Lipinski definition) is 2. The monoisotopic (exact) mass is 249 g/mol. The second-order valence-electron chi connectivity index (χ2n) is 3.72. The van der Waals surface area contributed by atoms with E-state index >= 15 is 0 Å². The molecule has 94 valence electrons. The Kier molecular flexibility index (Phi) is 2.93. The van der Waals surface area contributed by atoms with Crippen LogP contribution < -0.4 is 4.74 Å². The quantitative estimate of drug-likeness (QED) is 0.864. The summed E-state index contributed by atoms with van der Waals surface area (Å²) >= 11 is 0. The summed E-state index contributed by atoms with van der Waals surface area (Å²) in [5.74, 6) is -0.436. The number of aromatic carboxylic acids is 1. The predicted octanol–water partition coefficient (Wildman–Crippen LogP) is 2.06. The molecule has 0 amide bonds. The summed E-state index contributed by atoms with van der Waals surface area (Å²) in [6.45, 7) is 1.75. The number of nitrogens with zero attached hydrogens (tertiary/aromatic N) is 1. The van der Waals surface area contributed by atoms with Crippen LogP contribution in [0.2, 0.25) is 0 Å². The molecule has 0 fully saturated rings. The third-order valence-electron chi connectivity index (χ3n) is 2.48. The van der Waals surface area contributed by atoms with Crippen molar-refractivity contribution >= 4 is 5.97 Å². The molecule has 1 aromatic carbocycles. The zero-order valence-electron chi connectivity index (χ0n) is 9.80. The van der Waals surface area contributed by atoms with Crippen LogP contribution in [0, 0.1) is 6.92 Å². The number of phenols is 1. The van der Waals surface area contributed by atoms with E-state index in [9.17, 15) is 9.90 Å². The fourth-order valence-corrected chi connectivity index (χ4v) is 1.71. The number of aromatic hydroxyl groups is 1. The lowest BCUT2D eigenvalue weighted by Gasteiger charge is -2.09. The minimum Gasteiger partial charge on any atom is -0.508 e. The number of phenolic OH excluding ortho intramolecular Hbond substituents is 1. The Balaban J connectivity index is 2.58. The molecule has 0 unspecified atom stereocenters. The van der Waals surface area contributed by atoms with Crippen molar-refractivity contribution in [1.29, 1.82) is 0 Å². The summed E-state index contributed by atoms with van der Waals surface area (Å²) in [5, 5.41) is 21.7. The van der Waals surface area contributed by atoms with Crippen LogP contribution in [0.25, 0.3) is 11.3 Å². The van der Waals surface area contributed by atoms with Crippen LogP contribution in [0.1, 0.15) is 16.1 Å². The molecular formula is C12H11NO5. The number of benzene rings is 1. The first-order valence-corrected chi connectivity index (χ1v) is 5.11. The summed E-state index contributed by atoms with van der Waals surface area (Å²) in [6.07, 6.45) is 0. The van der Waals surface area contributed by atoms with E-state index in [4.69, 9.17) is 14.4 Å². The average molecular weight is 249 g/mol. The number of carboxylic acid groups (broad SMARTS) is 1. The topological polar surface area (TPSA) is 92.8 Å². The Morgan fingerprint density at radius 1 is 1.39 bits per heavy atom. The lowest BCUT2D eigenvalue weighted by atomic mass is 10.0. The van der Waals surface area contributed by atoms with Gasteiger partial charge in [-0.2, -0.15) is 0 Å². The molecule has 0 aliphatic carbocycles. The van der Waals surface area contributed by atoms with Gasteiger partial charge >= 0.3 is 5.97 Å². The van der Waals surface area contributed by atoms with E-state index in [1.807, 2.05) is 0 Å². The SMILES string of the molecule is COc1cc(O)cc(C)c1-c1cc(C(=O)O)no1. The average Bonchev–Trinajstić information content (AvgIpc) is 2.77. The van der Waals surface area contributed by atoms with Gasteiger partial charge in [-0.3, -0.25) is 0 Å². The maximum Gasteiger partial charge on any atom is 0.358 e. The predicted molar refractivity (Wildman–Crippen MR) is 61.9 cm³/mol. The number of aryl methyl sites for hydroxylation is 1. The molecule has 0 atom stereocenters. The minimum absolute atomic E-state index is 0.0612. The molecule has 0 spiro atoms. The second-order valence-corrected chi connectivity index (χ2v) is 3.72. The molecule has 0 radical (unpaired) electrons. The van der Waals surface area contributed by atoms with Crippen molar-refractivity contribution in [3.05, 3.63) is 29.5 Å². The van der Waals surface area contributed by atoms with Gasteiger partial charge in [0, 0.05) is 12.1 Å². The number of rotatable bonds is 3. The molecule has 1 aromatic heterocycles. The van der Waals surface area contributed by atoms with Crippen LogP contribution in [0.4, 0.5) is 0 Å². The highest BCUT2D eigenvalue weighted by atomic mass is 16.5. The van der Waals surface area contributed by atoms with Gasteiger partial charge < -0.3 is 19.5 Å². The first-order chi connectivity index (χ1) is 8.52. The van der Waals surface area contributed by atoms with Crippen LogP contribution >= 0.6 is 0 Å². The van der Waals surface area contributed by atoms with Crippen molar-refractivity contribution in [2.24, 2.45) is 0 Å². The van der Waals surface area contributed by atoms with Gasteiger partial charge in [-0.1, -0.05) is 5.16 Å². The molecule has 0 aliphatic heterocycles. The van der Waals surface area contributed by atoms with E-state index in [1.54, 1.807) is 6.92 Å². The van der Waals surface area contributed by atoms with Gasteiger partial charge in [0.05, 0.1) is 12.7 Å². The van der Waals surface area contributed by atoms with Crippen LogP contribution in [-0.4, -0.2) is 28.4 Å². The molecule has 6 heteroatoms. The van der Waals surface area contributed by atoms with Gasteiger partial charge in [0.15, 0.2) is 11.5 Å². The Morgan fingerprint density at radius 2 is 2.11 bits per heavy atom. The first-order valence-electron chi connectivity index (χ1n) is 5.11. The Hall–Kier alpha value is -2.50. The normalized spacial score (nSPS) is 10.3. The van der Waals surface area contributed by atoms with Gasteiger partial charge in [-0.25, -0.2) is 4.79 Å². The number of hydrogen-bond acceptors (Lipinski definition) is 5. The van der Waals surface area contributed by atoms with Gasteiger partial charge in [-0.15, -0.1) is 0 Å². The van der Waals surface area contributed by atoms with E-state index in [0.717, 1.165) is 0 Å². The summed E-state index contributed by atoms with van der Waals surface area (Å²) in [5.41, 5.74) is 1.08. The summed E-state index contributed by atoms with van der Waals surface area (Å²) in [6, 6.07) is 4.26. The Morgan fingerprint density at radius 3 is 2.67 bits per heavy atom. The molecule has 0 saturated heterocycles. The highest BCUT2D eigenvalue weighted by molar-refractivity contribution is 5.87. The third-order valence-corrected chi connectivity index (χ3v) is 2.48. The molecule has 0 bridgehead atoms. The first kappa shape index (κ1) is 12.0. The van der Waals surface area contributed by atoms with Gasteiger partial charge in [-0.05, 0) is 18.6 Å². The Labute approximate surface area is 102 Å². The van der Waals surface area contributed by atoms with Crippen LogP contribution in [0.5, 0.6) is 11.5 Å². The van der Waals surface area contributed by atoms with Crippen molar-refractivity contribution in [2.45, 2.75) is 6.92 Å². The highest BCUT2D eigenvalue weighted by Crippen LogP contribution is 2.36. The van der Waals surface area contributed by atoms with E-state index in [-0.39, 0.29) is 17.2 Å². The number of carboxylic acids is 1. The van der Waals surface area contributed by atoms with E-state index in [0.29, 0.717) is 16.9 Å². The largest absolute Gasteiger partial charge is 0.508 e. The van der Waals surface area contributed by atoms with Crippen molar-refractivity contribution in [3.8, 4) is 22.8 Å². The number of ether oxygens (including phenoxy) is 1. The molecular weight excluding hydrogens is 238 g/mol. The minimum atomic E-state index is -1.17. The maximum absolute atomic E-state index is 10.7. The van der Waals surface area contributed by atoms with E-state index in [2.05, 4.69) is 5.16 Å². The fourth-order valence-electron chi connectivity index (χ4n) is 1.71. The number of carbonyl (C=O) groups is 1. The molecule has 18 heavy (non-hydrogen) atoms. The van der Waals surface area contributed by atoms with Crippen LogP contribution in [0.3, 0.4) is 0 Å². The zero-order valence-corrected chi connectivity index (χ0v) is 9.80. The molecule has 2 rings (SSSR count). The smallest absolute Gasteiger partial charge is 0.358 e. The van der Waals surface area contributed by atoms with Gasteiger partial charge in [0.2, 0.25) is 0 Å². The maximum atomic E-state index is 10.7. The fraction of sp³-hybridized carbons (Fsp3) is 0.167. The van der Waals surface area contributed by atoms with E-state index < -0.39 is 5.97 Å². The lowest BCUT2D eigenvalue weighted by molar-refractivity contribution is 0.0686. The highest BCUT2D eigenvalue weighted by Gasteiger charge is 2.18. The summed E-state index contributed by atoms with van der Waals surface area (Å²) in [4.78, 5) is 10.7. The van der Waals surface area contributed by atoms with Crippen molar-refractivity contribution < 1.29 is 24.3 Å². The molecule has 0 saturated carbocycles. The van der Waals surface area contributed by atoms with Crippen LogP contribution in [0.15, 0.2) is 22.7 Å². The van der Waals surface area contributed by atoms with Crippen molar-refractivity contribution in [1.82, 2.24) is 5.16 Å². The standard InChI is InChI=1S/C12H11NO5/c1-6-3-7(14)4-9(17-2)11(6)10-5-8(12(15)16)13-18-10/h3-5,14H,1-2H3,(H,15,16).